The van der Waals surface area contributed by atoms with Gasteiger partial charge in [-0.3, -0.25) is 24.1 Å². The number of nitrogens with two attached hydrogens (primary N) is 1. The Balaban J connectivity index is 1.93. The van der Waals surface area contributed by atoms with Gasteiger partial charge >= 0.3 is 0 Å². The SMILES string of the molecule is CN(C)CC(=O)Nc1cc(N(C)C)c2c(c1O)C(=O)C1=C(O)C3(O)C(=O)C(C(N)=O)=C(O)[C@@H](N(C)C)C3CC1C2. The lowest BCUT2D eigenvalue weighted by molar-refractivity contribution is -0.148. The van der Waals surface area contributed by atoms with Crippen molar-refractivity contribution in [2.24, 2.45) is 17.6 Å². The van der Waals surface area contributed by atoms with Crippen molar-refractivity contribution in [1.82, 2.24) is 9.80 Å². The fourth-order valence-corrected chi connectivity index (χ4v) is 6.27. The second-order valence-electron chi connectivity index (χ2n) is 11.3. The van der Waals surface area contributed by atoms with Crippen LogP contribution < -0.4 is 16.0 Å². The summed E-state index contributed by atoms with van der Waals surface area (Å²) in [6, 6.07) is 0.491. The van der Waals surface area contributed by atoms with E-state index in [1.807, 2.05) is 0 Å². The lowest BCUT2D eigenvalue weighted by Gasteiger charge is -2.50. The summed E-state index contributed by atoms with van der Waals surface area (Å²) in [7, 11) is 10.0. The monoisotopic (exact) mass is 557 g/mol. The van der Waals surface area contributed by atoms with Crippen molar-refractivity contribution < 1.29 is 39.6 Å². The first-order valence-corrected chi connectivity index (χ1v) is 12.7. The first-order chi connectivity index (χ1) is 18.5. The molecular weight excluding hydrogens is 522 g/mol. The Morgan fingerprint density at radius 1 is 1.10 bits per heavy atom. The van der Waals surface area contributed by atoms with E-state index >= 15 is 0 Å². The summed E-state index contributed by atoms with van der Waals surface area (Å²) in [4.78, 5) is 56.9. The third kappa shape index (κ3) is 4.21. The Kier molecular flexibility index (Phi) is 7.20. The minimum Gasteiger partial charge on any atom is -0.510 e. The molecule has 3 unspecified atom stereocenters. The Bertz CT molecular complexity index is 1400. The maximum absolute atomic E-state index is 14.0. The van der Waals surface area contributed by atoms with Crippen molar-refractivity contribution in [2.75, 3.05) is 59.0 Å². The van der Waals surface area contributed by atoms with Gasteiger partial charge in [0.25, 0.3) is 5.91 Å². The average molecular weight is 558 g/mol. The van der Waals surface area contributed by atoms with Crippen LogP contribution in [0.2, 0.25) is 0 Å². The maximum Gasteiger partial charge on any atom is 0.255 e. The van der Waals surface area contributed by atoms with Crippen LogP contribution in [0, 0.1) is 11.8 Å². The molecule has 3 aliphatic carbocycles. The lowest BCUT2D eigenvalue weighted by Crippen LogP contribution is -2.63. The highest BCUT2D eigenvalue weighted by molar-refractivity contribution is 6.25. The predicted molar refractivity (Wildman–Crippen MR) is 145 cm³/mol. The lowest BCUT2D eigenvalue weighted by atomic mass is 9.58. The van der Waals surface area contributed by atoms with Crippen molar-refractivity contribution in [3.63, 3.8) is 0 Å². The van der Waals surface area contributed by atoms with Crippen LogP contribution in [-0.2, 0) is 20.8 Å². The quantitative estimate of drug-likeness (QED) is 0.198. The van der Waals surface area contributed by atoms with Crippen molar-refractivity contribution >= 4 is 34.8 Å². The highest BCUT2D eigenvalue weighted by atomic mass is 16.3. The van der Waals surface area contributed by atoms with Crippen LogP contribution in [0.15, 0.2) is 28.7 Å². The number of fused-ring (bicyclic) bond motifs is 3. The van der Waals surface area contributed by atoms with Gasteiger partial charge in [-0.25, -0.2) is 0 Å². The number of allylic oxidation sites excluding steroid dienone is 1. The number of anilines is 2. The summed E-state index contributed by atoms with van der Waals surface area (Å²) in [6.45, 7) is 0.0158. The molecule has 0 radical (unpaired) electrons. The fraction of sp³-hybridized carbons (Fsp3) is 0.481. The minimum absolute atomic E-state index is 0.0132. The number of benzene rings is 1. The molecule has 0 saturated heterocycles. The number of aliphatic hydroxyl groups is 3. The fourth-order valence-electron chi connectivity index (χ4n) is 6.27. The predicted octanol–water partition coefficient (Wildman–Crippen LogP) is -0.313. The number of carbonyl (C=O) groups is 4. The molecule has 0 aliphatic heterocycles. The number of phenols is 1. The van der Waals surface area contributed by atoms with Crippen LogP contribution in [0.4, 0.5) is 11.4 Å². The van der Waals surface area contributed by atoms with Gasteiger partial charge in [-0.15, -0.1) is 0 Å². The summed E-state index contributed by atoms with van der Waals surface area (Å²) < 4.78 is 0. The highest BCUT2D eigenvalue weighted by Gasteiger charge is 2.63. The summed E-state index contributed by atoms with van der Waals surface area (Å²) in [5, 5.41) is 47.8. The molecule has 0 saturated carbocycles. The zero-order valence-electron chi connectivity index (χ0n) is 23.3. The average Bonchev–Trinajstić information content (AvgIpc) is 2.81. The van der Waals surface area contributed by atoms with Gasteiger partial charge in [-0.05, 0) is 58.6 Å². The van der Waals surface area contributed by atoms with E-state index in [4.69, 9.17) is 5.73 Å². The van der Waals surface area contributed by atoms with Crippen LogP contribution in [0.25, 0.3) is 0 Å². The van der Waals surface area contributed by atoms with Crippen LogP contribution in [0.5, 0.6) is 5.75 Å². The number of hydrogen-bond acceptors (Lipinski definition) is 11. The number of likely N-dealkylation sites (N-methyl/N-ethyl adjacent to an activating group) is 2. The number of Topliss-reactive ketones (excluding diaryl/α,β-unsaturated/α-hetero) is 2. The number of hydrogen-bond donors (Lipinski definition) is 6. The number of ketones is 2. The number of aromatic hydroxyl groups is 1. The van der Waals surface area contributed by atoms with Crippen LogP contribution in [0.1, 0.15) is 22.3 Å². The molecule has 216 valence electrons. The number of primary amides is 1. The minimum atomic E-state index is -2.72. The molecule has 1 aromatic carbocycles. The summed E-state index contributed by atoms with van der Waals surface area (Å²) in [6.07, 6.45) is 0.127. The smallest absolute Gasteiger partial charge is 0.255 e. The Labute approximate surface area is 231 Å². The van der Waals surface area contributed by atoms with E-state index < -0.39 is 69.7 Å². The Morgan fingerprint density at radius 2 is 1.73 bits per heavy atom. The van der Waals surface area contributed by atoms with Gasteiger partial charge in [0.15, 0.2) is 17.1 Å². The number of aliphatic hydroxyl groups excluding tert-OH is 2. The number of nitrogens with one attached hydrogen (secondary N) is 1. The standard InChI is InChI=1S/C27H35N5O8/c1-30(2)10-16(33)29-14-9-15(31(3)4)12-7-11-8-13-20(32(5)6)23(36)19(26(28)39)25(38)27(13,40)24(37)17(11)22(35)18(12)21(14)34/h9,11,13,20,34,36-37,40H,7-8,10H2,1-6H3,(H2,28,39)(H,29,33)/t11?,13?,20-,27?/m0/s1. The van der Waals surface area contributed by atoms with Crippen LogP contribution >= 0.6 is 0 Å². The van der Waals surface area contributed by atoms with Gasteiger partial charge in [-0.1, -0.05) is 0 Å². The van der Waals surface area contributed by atoms with Gasteiger partial charge in [0.2, 0.25) is 11.7 Å². The summed E-state index contributed by atoms with van der Waals surface area (Å²) in [5.74, 6) is -7.73. The van der Waals surface area contributed by atoms with E-state index in [-0.39, 0.29) is 36.2 Å². The molecule has 0 fully saturated rings. The molecule has 13 heteroatoms. The molecule has 7 N–H and O–H groups in total. The molecular formula is C27H35N5O8. The molecule has 0 spiro atoms. The summed E-state index contributed by atoms with van der Waals surface area (Å²) >= 11 is 0. The number of rotatable bonds is 6. The van der Waals surface area contributed by atoms with E-state index in [9.17, 15) is 39.6 Å². The van der Waals surface area contributed by atoms with Crippen molar-refractivity contribution in [3.05, 3.63) is 39.9 Å². The van der Waals surface area contributed by atoms with E-state index in [1.54, 1.807) is 58.2 Å². The normalized spacial score (nSPS) is 26.1. The first kappa shape index (κ1) is 29.1. The highest BCUT2D eigenvalue weighted by Crippen LogP contribution is 2.53. The van der Waals surface area contributed by atoms with E-state index in [2.05, 4.69) is 5.32 Å². The molecule has 2 amide bonds. The molecule has 0 bridgehead atoms. The first-order valence-electron chi connectivity index (χ1n) is 12.7. The largest absolute Gasteiger partial charge is 0.510 e. The number of carbonyl (C=O) groups excluding carboxylic acids is 4. The van der Waals surface area contributed by atoms with Gasteiger partial charge < -0.3 is 41.3 Å². The second kappa shape index (κ2) is 9.91. The number of phenolic OH excluding ortho intramolecular Hbond substituents is 1. The topological polar surface area (TPSA) is 197 Å². The molecule has 40 heavy (non-hydrogen) atoms. The van der Waals surface area contributed by atoms with Crippen LogP contribution in [0.3, 0.4) is 0 Å². The van der Waals surface area contributed by atoms with E-state index in [1.165, 1.54) is 4.90 Å². The van der Waals surface area contributed by atoms with Gasteiger partial charge in [0.05, 0.1) is 23.8 Å². The van der Waals surface area contributed by atoms with Crippen LogP contribution in [-0.4, -0.2) is 114 Å². The molecule has 3 aliphatic rings. The van der Waals surface area contributed by atoms with Crippen molar-refractivity contribution in [1.29, 1.82) is 0 Å². The van der Waals surface area contributed by atoms with E-state index in [0.717, 1.165) is 0 Å². The maximum atomic E-state index is 14.0. The molecule has 13 nitrogen and oxygen atoms in total. The van der Waals surface area contributed by atoms with Gasteiger partial charge in [0.1, 0.15) is 17.1 Å². The second-order valence-corrected chi connectivity index (χ2v) is 11.3. The zero-order chi connectivity index (χ0) is 30.0. The molecule has 4 rings (SSSR count). The van der Waals surface area contributed by atoms with Crippen molar-refractivity contribution in [2.45, 2.75) is 24.5 Å². The van der Waals surface area contributed by atoms with Gasteiger partial charge in [-0.2, -0.15) is 0 Å². The third-order valence-corrected chi connectivity index (χ3v) is 7.91. The number of amides is 2. The third-order valence-electron chi connectivity index (χ3n) is 7.91. The van der Waals surface area contributed by atoms with Gasteiger partial charge in [0, 0.05) is 31.3 Å². The zero-order valence-corrected chi connectivity index (χ0v) is 23.3. The molecule has 1 aromatic rings. The molecule has 0 heterocycles. The molecule has 4 atom stereocenters. The Morgan fingerprint density at radius 3 is 2.25 bits per heavy atom. The number of nitrogens with zero attached hydrogens (tertiary/aromatic N) is 3. The van der Waals surface area contributed by atoms with Crippen molar-refractivity contribution in [3.8, 4) is 5.75 Å². The Hall–Kier alpha value is -3.94. The van der Waals surface area contributed by atoms with E-state index in [0.29, 0.717) is 11.3 Å². The summed E-state index contributed by atoms with van der Waals surface area (Å²) in [5.41, 5.74) is 2.33. The molecule has 0 aromatic heterocycles.